The smallest absolute Gasteiger partial charge is 0.0722 e. The molecule has 1 fully saturated rings. The molecule has 20 heavy (non-hydrogen) atoms. The monoisotopic (exact) mass is 269 g/mol. The number of piperazine rings is 1. The number of anilines is 1. The normalized spacial score (nSPS) is 26.9. The van der Waals surface area contributed by atoms with E-state index >= 15 is 0 Å². The van der Waals surface area contributed by atoms with Crippen molar-refractivity contribution in [1.82, 2.24) is 10.3 Å². The Morgan fingerprint density at radius 2 is 2.20 bits per heavy atom. The van der Waals surface area contributed by atoms with E-state index in [-0.39, 0.29) is 5.54 Å². The second-order valence-corrected chi connectivity index (χ2v) is 6.12. The Morgan fingerprint density at radius 1 is 1.35 bits per heavy atom. The van der Waals surface area contributed by atoms with Crippen molar-refractivity contribution in [2.24, 2.45) is 0 Å². The van der Waals surface area contributed by atoms with E-state index in [1.165, 1.54) is 11.1 Å². The molecule has 0 radical (unpaired) electrons. The average molecular weight is 269 g/mol. The highest BCUT2D eigenvalue weighted by atomic mass is 15.3. The zero-order chi connectivity index (χ0) is 14.2. The zero-order valence-electron chi connectivity index (χ0n) is 12.6. The van der Waals surface area contributed by atoms with Gasteiger partial charge >= 0.3 is 0 Å². The lowest BCUT2D eigenvalue weighted by molar-refractivity contribution is 0.286. The van der Waals surface area contributed by atoms with Crippen molar-refractivity contribution >= 4 is 16.6 Å². The number of benzene rings is 1. The van der Waals surface area contributed by atoms with Crippen LogP contribution >= 0.6 is 0 Å². The van der Waals surface area contributed by atoms with Gasteiger partial charge in [0.2, 0.25) is 0 Å². The van der Waals surface area contributed by atoms with Crippen LogP contribution in [-0.2, 0) is 0 Å². The molecular formula is C17H23N3. The van der Waals surface area contributed by atoms with Crippen molar-refractivity contribution in [2.45, 2.75) is 38.8 Å². The highest BCUT2D eigenvalue weighted by molar-refractivity contribution is 5.91. The van der Waals surface area contributed by atoms with Gasteiger partial charge in [-0.05, 0) is 44.5 Å². The summed E-state index contributed by atoms with van der Waals surface area (Å²) < 4.78 is 0. The van der Waals surface area contributed by atoms with Gasteiger partial charge in [0.15, 0.2) is 0 Å². The van der Waals surface area contributed by atoms with E-state index in [2.05, 4.69) is 60.2 Å². The molecule has 0 amide bonds. The summed E-state index contributed by atoms with van der Waals surface area (Å²) in [7, 11) is 0. The van der Waals surface area contributed by atoms with Crippen LogP contribution in [0.4, 0.5) is 5.69 Å². The third-order valence-corrected chi connectivity index (χ3v) is 4.59. The van der Waals surface area contributed by atoms with E-state index in [4.69, 9.17) is 0 Å². The van der Waals surface area contributed by atoms with Gasteiger partial charge in [0.1, 0.15) is 0 Å². The molecule has 0 saturated carbocycles. The topological polar surface area (TPSA) is 28.2 Å². The zero-order valence-corrected chi connectivity index (χ0v) is 12.6. The first-order chi connectivity index (χ1) is 9.63. The van der Waals surface area contributed by atoms with E-state index < -0.39 is 0 Å². The SMILES string of the molecule is CCC1(C)CN(c2cccc3ncccc23)C(C)CN1. The predicted octanol–water partition coefficient (Wildman–Crippen LogP) is 3.20. The van der Waals surface area contributed by atoms with E-state index in [9.17, 15) is 0 Å². The fourth-order valence-electron chi connectivity index (χ4n) is 2.99. The maximum absolute atomic E-state index is 4.48. The number of nitrogens with one attached hydrogen (secondary N) is 1. The Hall–Kier alpha value is -1.61. The molecule has 0 aliphatic carbocycles. The first-order valence-electron chi connectivity index (χ1n) is 7.48. The molecule has 2 heterocycles. The molecule has 2 unspecified atom stereocenters. The van der Waals surface area contributed by atoms with Crippen LogP contribution in [0.3, 0.4) is 0 Å². The van der Waals surface area contributed by atoms with Crippen LogP contribution in [0.15, 0.2) is 36.5 Å². The van der Waals surface area contributed by atoms with Gasteiger partial charge in [0, 0.05) is 41.9 Å². The summed E-state index contributed by atoms with van der Waals surface area (Å²) in [6.45, 7) is 8.93. The Bertz CT molecular complexity index is 605. The molecule has 0 bridgehead atoms. The third-order valence-electron chi connectivity index (χ3n) is 4.59. The lowest BCUT2D eigenvalue weighted by Gasteiger charge is -2.46. The van der Waals surface area contributed by atoms with Gasteiger partial charge < -0.3 is 10.2 Å². The Kier molecular flexibility index (Phi) is 3.38. The standard InChI is InChI=1S/C17H23N3/c1-4-17(3)12-20(13(2)11-19-17)16-9-5-8-15-14(16)7-6-10-18-15/h5-10,13,19H,4,11-12H2,1-3H3. The molecule has 1 N–H and O–H groups in total. The minimum atomic E-state index is 0.191. The second kappa shape index (κ2) is 5.06. The maximum atomic E-state index is 4.48. The van der Waals surface area contributed by atoms with Crippen LogP contribution in [0.25, 0.3) is 10.9 Å². The molecule has 1 aliphatic heterocycles. The number of pyridine rings is 1. The molecule has 1 aliphatic rings. The van der Waals surface area contributed by atoms with Crippen molar-refractivity contribution < 1.29 is 0 Å². The molecule has 3 nitrogen and oxygen atoms in total. The highest BCUT2D eigenvalue weighted by Gasteiger charge is 2.33. The number of rotatable bonds is 2. The average Bonchev–Trinajstić information content (AvgIpc) is 2.49. The first kappa shape index (κ1) is 13.4. The molecule has 1 saturated heterocycles. The van der Waals surface area contributed by atoms with Crippen molar-refractivity contribution in [2.75, 3.05) is 18.0 Å². The summed E-state index contributed by atoms with van der Waals surface area (Å²) in [4.78, 5) is 7.01. The summed E-state index contributed by atoms with van der Waals surface area (Å²) in [6.07, 6.45) is 3.00. The van der Waals surface area contributed by atoms with Crippen molar-refractivity contribution in [3.05, 3.63) is 36.5 Å². The maximum Gasteiger partial charge on any atom is 0.0722 e. The van der Waals surface area contributed by atoms with Crippen molar-refractivity contribution in [3.8, 4) is 0 Å². The van der Waals surface area contributed by atoms with E-state index in [1.807, 2.05) is 12.3 Å². The molecule has 2 atom stereocenters. The molecule has 2 aromatic rings. The molecule has 3 heteroatoms. The van der Waals surface area contributed by atoms with Gasteiger partial charge in [-0.3, -0.25) is 4.98 Å². The molecule has 106 valence electrons. The van der Waals surface area contributed by atoms with Crippen LogP contribution in [0.1, 0.15) is 27.2 Å². The molecule has 1 aromatic carbocycles. The quantitative estimate of drug-likeness (QED) is 0.907. The minimum absolute atomic E-state index is 0.191. The highest BCUT2D eigenvalue weighted by Crippen LogP contribution is 2.30. The predicted molar refractivity (Wildman–Crippen MR) is 85.2 cm³/mol. The molecule has 1 aromatic heterocycles. The van der Waals surface area contributed by atoms with Crippen molar-refractivity contribution in [3.63, 3.8) is 0 Å². The molecular weight excluding hydrogens is 246 g/mol. The summed E-state index contributed by atoms with van der Waals surface area (Å²) in [5.41, 5.74) is 2.58. The van der Waals surface area contributed by atoms with E-state index in [0.717, 1.165) is 25.0 Å². The Balaban J connectivity index is 2.05. The van der Waals surface area contributed by atoms with Gasteiger partial charge in [-0.25, -0.2) is 0 Å². The van der Waals surface area contributed by atoms with Crippen LogP contribution in [0, 0.1) is 0 Å². The van der Waals surface area contributed by atoms with Crippen LogP contribution < -0.4 is 10.2 Å². The van der Waals surface area contributed by atoms with Crippen LogP contribution in [0.2, 0.25) is 0 Å². The number of nitrogens with zero attached hydrogens (tertiary/aromatic N) is 2. The Morgan fingerprint density at radius 3 is 3.00 bits per heavy atom. The van der Waals surface area contributed by atoms with E-state index in [1.54, 1.807) is 0 Å². The second-order valence-electron chi connectivity index (χ2n) is 6.12. The molecule has 0 spiro atoms. The van der Waals surface area contributed by atoms with E-state index in [0.29, 0.717) is 6.04 Å². The number of hydrogen-bond donors (Lipinski definition) is 1. The fourth-order valence-corrected chi connectivity index (χ4v) is 2.99. The summed E-state index contributed by atoms with van der Waals surface area (Å²) in [5.74, 6) is 0. The van der Waals surface area contributed by atoms with Gasteiger partial charge in [-0.1, -0.05) is 13.0 Å². The first-order valence-corrected chi connectivity index (χ1v) is 7.48. The number of aromatic nitrogens is 1. The minimum Gasteiger partial charge on any atom is -0.365 e. The summed E-state index contributed by atoms with van der Waals surface area (Å²) >= 11 is 0. The molecule has 3 rings (SSSR count). The lowest BCUT2D eigenvalue weighted by Crippen LogP contribution is -2.62. The Labute approximate surface area is 121 Å². The van der Waals surface area contributed by atoms with Gasteiger partial charge in [0.25, 0.3) is 0 Å². The van der Waals surface area contributed by atoms with Gasteiger partial charge in [0.05, 0.1) is 5.52 Å². The van der Waals surface area contributed by atoms with Gasteiger partial charge in [-0.15, -0.1) is 0 Å². The fraction of sp³-hybridized carbons (Fsp3) is 0.471. The number of fused-ring (bicyclic) bond motifs is 1. The number of hydrogen-bond acceptors (Lipinski definition) is 3. The van der Waals surface area contributed by atoms with Crippen molar-refractivity contribution in [1.29, 1.82) is 0 Å². The van der Waals surface area contributed by atoms with Gasteiger partial charge in [-0.2, -0.15) is 0 Å². The van der Waals surface area contributed by atoms with Crippen LogP contribution in [0.5, 0.6) is 0 Å². The largest absolute Gasteiger partial charge is 0.365 e. The summed E-state index contributed by atoms with van der Waals surface area (Å²) in [5, 5.41) is 4.94. The summed E-state index contributed by atoms with van der Waals surface area (Å²) in [6, 6.07) is 11.1. The van der Waals surface area contributed by atoms with Crippen LogP contribution in [-0.4, -0.2) is 29.7 Å². The lowest BCUT2D eigenvalue weighted by atomic mass is 9.93. The third kappa shape index (κ3) is 2.27.